The van der Waals surface area contributed by atoms with Crippen LogP contribution < -0.4 is 10.7 Å². The fraction of sp³-hybridized carbons (Fsp3) is 0.684. The highest BCUT2D eigenvalue weighted by Gasteiger charge is 2.54. The second-order valence-corrected chi connectivity index (χ2v) is 10.8. The Hall–Kier alpha value is -0.700. The number of hydrazine groups is 1. The molecule has 0 spiro atoms. The lowest BCUT2D eigenvalue weighted by Gasteiger charge is -2.56. The van der Waals surface area contributed by atoms with Crippen LogP contribution in [0, 0.1) is 5.92 Å². The minimum atomic E-state index is -3.51. The molecule has 148 valence electrons. The summed E-state index contributed by atoms with van der Waals surface area (Å²) in [6.07, 6.45) is 5.39. The standard InChI is InChI=1S/C19H27ClN4O2S/c1-12-9-19-21-11-16-17-4-2-3-14(10-18(16)23(19)22-12)24(17)27(25,26)15-7-5-13(20)6-8-15/h5-8,12,14,16-19,21-22H,2-4,9-11H2,1H3. The van der Waals surface area contributed by atoms with Crippen molar-refractivity contribution in [2.24, 2.45) is 5.92 Å². The molecule has 4 fully saturated rings. The van der Waals surface area contributed by atoms with Crippen molar-refractivity contribution in [1.82, 2.24) is 20.1 Å². The molecule has 8 heteroatoms. The Labute approximate surface area is 166 Å². The van der Waals surface area contributed by atoms with E-state index in [9.17, 15) is 8.42 Å². The average molecular weight is 411 g/mol. The maximum Gasteiger partial charge on any atom is 0.243 e. The van der Waals surface area contributed by atoms with Crippen molar-refractivity contribution in [3.05, 3.63) is 29.3 Å². The van der Waals surface area contributed by atoms with Crippen LogP contribution in [0.3, 0.4) is 0 Å². The molecular formula is C19H27ClN4O2S. The largest absolute Gasteiger partial charge is 0.300 e. The summed E-state index contributed by atoms with van der Waals surface area (Å²) in [5, 5.41) is 6.62. The van der Waals surface area contributed by atoms with E-state index in [-0.39, 0.29) is 12.1 Å². The Kier molecular flexibility index (Phi) is 4.53. The summed E-state index contributed by atoms with van der Waals surface area (Å²) in [6, 6.07) is 7.64. The number of sulfonamides is 1. The highest BCUT2D eigenvalue weighted by molar-refractivity contribution is 7.89. The van der Waals surface area contributed by atoms with Gasteiger partial charge < -0.3 is 5.32 Å². The Bertz CT molecular complexity index is 818. The summed E-state index contributed by atoms with van der Waals surface area (Å²) in [6.45, 7) is 3.11. The van der Waals surface area contributed by atoms with Gasteiger partial charge in [-0.25, -0.2) is 13.4 Å². The SMILES string of the molecule is CC1CC2NCC3C(CC4CCCC3N4S(=O)(=O)c3ccc(Cl)cc3)N2N1. The van der Waals surface area contributed by atoms with Crippen molar-refractivity contribution in [1.29, 1.82) is 0 Å². The molecule has 4 saturated heterocycles. The monoisotopic (exact) mass is 410 g/mol. The number of nitrogens with zero attached hydrogens (tertiary/aromatic N) is 2. The quantitative estimate of drug-likeness (QED) is 0.782. The molecule has 4 aliphatic heterocycles. The normalized spacial score (nSPS) is 39.8. The van der Waals surface area contributed by atoms with Crippen LogP contribution in [0.15, 0.2) is 29.2 Å². The first kappa shape index (κ1) is 18.3. The number of piperidine rings is 2. The van der Waals surface area contributed by atoms with Crippen molar-refractivity contribution in [3.8, 4) is 0 Å². The van der Waals surface area contributed by atoms with Crippen molar-refractivity contribution < 1.29 is 8.42 Å². The Morgan fingerprint density at radius 1 is 1.11 bits per heavy atom. The van der Waals surface area contributed by atoms with Gasteiger partial charge in [-0.3, -0.25) is 5.43 Å². The molecule has 2 N–H and O–H groups in total. The molecule has 4 aliphatic rings. The third-order valence-corrected chi connectivity index (χ3v) is 9.09. The Balaban J connectivity index is 1.48. The molecule has 4 heterocycles. The Morgan fingerprint density at radius 3 is 2.67 bits per heavy atom. The zero-order valence-corrected chi connectivity index (χ0v) is 17.1. The fourth-order valence-corrected chi connectivity index (χ4v) is 7.80. The van der Waals surface area contributed by atoms with E-state index in [1.165, 1.54) is 0 Å². The summed E-state index contributed by atoms with van der Waals surface area (Å²) in [4.78, 5) is 0.358. The number of rotatable bonds is 2. The van der Waals surface area contributed by atoms with Gasteiger partial charge in [0.05, 0.1) is 11.1 Å². The molecule has 27 heavy (non-hydrogen) atoms. The molecule has 0 aromatic heterocycles. The Morgan fingerprint density at radius 2 is 1.89 bits per heavy atom. The van der Waals surface area contributed by atoms with E-state index in [2.05, 4.69) is 22.7 Å². The van der Waals surface area contributed by atoms with Crippen LogP contribution in [0.1, 0.15) is 39.0 Å². The molecular weight excluding hydrogens is 384 g/mol. The number of benzene rings is 1. The summed E-state index contributed by atoms with van der Waals surface area (Å²) >= 11 is 5.97. The molecule has 6 unspecified atom stereocenters. The van der Waals surface area contributed by atoms with E-state index < -0.39 is 10.0 Å². The summed E-state index contributed by atoms with van der Waals surface area (Å²) in [5.74, 6) is 0.317. The molecule has 1 aromatic carbocycles. The van der Waals surface area contributed by atoms with E-state index in [1.54, 1.807) is 24.3 Å². The lowest BCUT2D eigenvalue weighted by molar-refractivity contribution is -0.0642. The van der Waals surface area contributed by atoms with Crippen molar-refractivity contribution in [2.75, 3.05) is 6.54 Å². The van der Waals surface area contributed by atoms with E-state index in [4.69, 9.17) is 11.6 Å². The average Bonchev–Trinajstić information content (AvgIpc) is 3.02. The van der Waals surface area contributed by atoms with Crippen LogP contribution >= 0.6 is 11.6 Å². The third-order valence-electron chi connectivity index (χ3n) is 6.84. The van der Waals surface area contributed by atoms with Crippen LogP contribution in [-0.2, 0) is 10.0 Å². The first-order chi connectivity index (χ1) is 12.9. The van der Waals surface area contributed by atoms with E-state index >= 15 is 0 Å². The molecule has 1 aromatic rings. The molecule has 0 saturated carbocycles. The second-order valence-electron chi connectivity index (χ2n) is 8.51. The molecule has 6 atom stereocenters. The van der Waals surface area contributed by atoms with Gasteiger partial charge in [0.15, 0.2) is 0 Å². The highest BCUT2D eigenvalue weighted by atomic mass is 35.5. The smallest absolute Gasteiger partial charge is 0.243 e. The minimum absolute atomic E-state index is 0.0642. The van der Waals surface area contributed by atoms with Crippen LogP contribution in [0.4, 0.5) is 0 Å². The summed E-state index contributed by atoms with van der Waals surface area (Å²) in [5.41, 5.74) is 3.62. The zero-order chi connectivity index (χ0) is 18.8. The van der Waals surface area contributed by atoms with Crippen LogP contribution in [0.25, 0.3) is 0 Å². The first-order valence-electron chi connectivity index (χ1n) is 10.0. The van der Waals surface area contributed by atoms with Gasteiger partial charge in [-0.1, -0.05) is 18.0 Å². The maximum absolute atomic E-state index is 13.5. The first-order valence-corrected chi connectivity index (χ1v) is 11.8. The third kappa shape index (κ3) is 2.94. The minimum Gasteiger partial charge on any atom is -0.300 e. The zero-order valence-electron chi connectivity index (χ0n) is 15.5. The van der Waals surface area contributed by atoms with E-state index in [1.807, 2.05) is 4.31 Å². The summed E-state index contributed by atoms with van der Waals surface area (Å²) < 4.78 is 28.8. The molecule has 2 bridgehead atoms. The van der Waals surface area contributed by atoms with Gasteiger partial charge in [0.2, 0.25) is 10.0 Å². The van der Waals surface area contributed by atoms with Gasteiger partial charge in [-0.15, -0.1) is 0 Å². The molecule has 0 amide bonds. The molecule has 5 rings (SSSR count). The summed E-state index contributed by atoms with van der Waals surface area (Å²) in [7, 11) is -3.51. The van der Waals surface area contributed by atoms with Gasteiger partial charge in [0.25, 0.3) is 0 Å². The number of fused-ring (bicyclic) bond motifs is 6. The van der Waals surface area contributed by atoms with Gasteiger partial charge in [-0.05, 0) is 56.9 Å². The van der Waals surface area contributed by atoms with E-state index in [0.29, 0.717) is 34.1 Å². The lowest BCUT2D eigenvalue weighted by Crippen LogP contribution is -2.71. The number of halogens is 1. The molecule has 0 aliphatic carbocycles. The maximum atomic E-state index is 13.5. The van der Waals surface area contributed by atoms with Crippen molar-refractivity contribution >= 4 is 21.6 Å². The number of nitrogens with one attached hydrogen (secondary N) is 2. The molecule has 6 nitrogen and oxygen atoms in total. The lowest BCUT2D eigenvalue weighted by atomic mass is 9.74. The van der Waals surface area contributed by atoms with Gasteiger partial charge in [-0.2, -0.15) is 4.31 Å². The predicted molar refractivity (Wildman–Crippen MR) is 105 cm³/mol. The van der Waals surface area contributed by atoms with Crippen LogP contribution in [0.5, 0.6) is 0 Å². The predicted octanol–water partition coefficient (Wildman–Crippen LogP) is 2.17. The number of hydrogen-bond acceptors (Lipinski definition) is 5. The second kappa shape index (κ2) is 6.68. The van der Waals surface area contributed by atoms with Crippen molar-refractivity contribution in [2.45, 2.75) is 74.3 Å². The van der Waals surface area contributed by atoms with Gasteiger partial charge >= 0.3 is 0 Å². The van der Waals surface area contributed by atoms with Crippen molar-refractivity contribution in [3.63, 3.8) is 0 Å². The molecule has 0 radical (unpaired) electrons. The highest BCUT2D eigenvalue weighted by Crippen LogP contribution is 2.44. The van der Waals surface area contributed by atoms with Crippen LogP contribution in [0.2, 0.25) is 5.02 Å². The van der Waals surface area contributed by atoms with E-state index in [0.717, 1.165) is 38.6 Å². The van der Waals surface area contributed by atoms with Crippen LogP contribution in [-0.4, -0.2) is 54.6 Å². The van der Waals surface area contributed by atoms with Gasteiger partial charge in [0, 0.05) is 41.7 Å². The topological polar surface area (TPSA) is 64.7 Å². The number of hydrogen-bond donors (Lipinski definition) is 2. The van der Waals surface area contributed by atoms with Gasteiger partial charge in [0.1, 0.15) is 0 Å². The fourth-order valence-electron chi connectivity index (χ4n) is 5.74.